The summed E-state index contributed by atoms with van der Waals surface area (Å²) in [5.74, 6) is 0.668. The molecule has 1 fully saturated rings. The highest BCUT2D eigenvalue weighted by Crippen LogP contribution is 2.13. The van der Waals surface area contributed by atoms with Crippen LogP contribution < -0.4 is 5.32 Å². The molecule has 2 rings (SSSR count). The number of aliphatic hydroxyl groups is 1. The van der Waals surface area contributed by atoms with E-state index < -0.39 is 6.10 Å². The van der Waals surface area contributed by atoms with Crippen molar-refractivity contribution in [3.63, 3.8) is 0 Å². The molecular weight excluding hydrogens is 290 g/mol. The van der Waals surface area contributed by atoms with Crippen molar-refractivity contribution >= 4 is 11.6 Å². The van der Waals surface area contributed by atoms with Crippen LogP contribution in [0.25, 0.3) is 0 Å². The lowest BCUT2D eigenvalue weighted by Crippen LogP contribution is -2.35. The third-order valence-corrected chi connectivity index (χ3v) is 3.90. The van der Waals surface area contributed by atoms with Gasteiger partial charge in [0.2, 0.25) is 0 Å². The number of ether oxygens (including phenoxy) is 2. The second kappa shape index (κ2) is 9.38. The molecule has 0 saturated carbocycles. The summed E-state index contributed by atoms with van der Waals surface area (Å²) in [5.41, 5.74) is 1.06. The summed E-state index contributed by atoms with van der Waals surface area (Å²) in [6.45, 7) is 4.06. The van der Waals surface area contributed by atoms with Gasteiger partial charge in [0.25, 0.3) is 0 Å². The van der Waals surface area contributed by atoms with Gasteiger partial charge < -0.3 is 19.9 Å². The highest BCUT2D eigenvalue weighted by Gasteiger charge is 2.13. The lowest BCUT2D eigenvalue weighted by molar-refractivity contribution is 0.0266. The highest BCUT2D eigenvalue weighted by atomic mass is 35.5. The van der Waals surface area contributed by atoms with Crippen LogP contribution in [-0.2, 0) is 16.1 Å². The number of hydrogen-bond donors (Lipinski definition) is 2. The molecule has 0 spiro atoms. The molecule has 2 N–H and O–H groups in total. The summed E-state index contributed by atoms with van der Waals surface area (Å²) in [7, 11) is 0. The van der Waals surface area contributed by atoms with Crippen molar-refractivity contribution in [2.24, 2.45) is 5.92 Å². The predicted octanol–water partition coefficient (Wildman–Crippen LogP) is 2.23. The second-order valence-electron chi connectivity index (χ2n) is 5.51. The fraction of sp³-hybridized carbons (Fsp3) is 0.625. The molecule has 0 amide bonds. The first-order chi connectivity index (χ1) is 10.2. The Balaban J connectivity index is 1.52. The zero-order valence-corrected chi connectivity index (χ0v) is 13.0. The van der Waals surface area contributed by atoms with Crippen molar-refractivity contribution in [2.75, 3.05) is 32.9 Å². The SMILES string of the molecule is OC(CNCC1CCOCC1)COCc1ccc(Cl)cc1. The topological polar surface area (TPSA) is 50.7 Å². The number of aliphatic hydroxyl groups excluding tert-OH is 1. The van der Waals surface area contributed by atoms with Crippen LogP contribution in [0.5, 0.6) is 0 Å². The van der Waals surface area contributed by atoms with Gasteiger partial charge >= 0.3 is 0 Å². The summed E-state index contributed by atoms with van der Waals surface area (Å²) >= 11 is 5.82. The van der Waals surface area contributed by atoms with E-state index in [9.17, 15) is 5.11 Å². The minimum absolute atomic E-state index is 0.337. The first-order valence-corrected chi connectivity index (χ1v) is 7.90. The van der Waals surface area contributed by atoms with Gasteiger partial charge in [-0.15, -0.1) is 0 Å². The molecule has 1 atom stereocenters. The maximum Gasteiger partial charge on any atom is 0.0897 e. The molecule has 1 heterocycles. The highest BCUT2D eigenvalue weighted by molar-refractivity contribution is 6.30. The number of hydrogen-bond acceptors (Lipinski definition) is 4. The van der Waals surface area contributed by atoms with Crippen LogP contribution >= 0.6 is 11.6 Å². The van der Waals surface area contributed by atoms with Crippen molar-refractivity contribution in [3.8, 4) is 0 Å². The Labute approximate surface area is 131 Å². The molecule has 0 aliphatic carbocycles. The van der Waals surface area contributed by atoms with Crippen LogP contribution in [-0.4, -0.2) is 44.1 Å². The van der Waals surface area contributed by atoms with E-state index in [1.807, 2.05) is 24.3 Å². The van der Waals surface area contributed by atoms with Crippen LogP contribution in [0.4, 0.5) is 0 Å². The van der Waals surface area contributed by atoms with E-state index in [0.29, 0.717) is 25.7 Å². The molecule has 1 aromatic rings. The van der Waals surface area contributed by atoms with Crippen molar-refractivity contribution in [1.29, 1.82) is 0 Å². The van der Waals surface area contributed by atoms with Crippen molar-refractivity contribution in [2.45, 2.75) is 25.6 Å². The number of halogens is 1. The average molecular weight is 314 g/mol. The molecule has 1 aliphatic rings. The summed E-state index contributed by atoms with van der Waals surface area (Å²) in [5, 5.41) is 13.9. The predicted molar refractivity (Wildman–Crippen MR) is 83.5 cm³/mol. The van der Waals surface area contributed by atoms with E-state index >= 15 is 0 Å². The van der Waals surface area contributed by atoms with Crippen LogP contribution in [0.15, 0.2) is 24.3 Å². The fourth-order valence-corrected chi connectivity index (χ4v) is 2.48. The lowest BCUT2D eigenvalue weighted by atomic mass is 10.0. The van der Waals surface area contributed by atoms with E-state index in [-0.39, 0.29) is 0 Å². The molecule has 0 aromatic heterocycles. The van der Waals surface area contributed by atoms with Crippen molar-refractivity contribution in [1.82, 2.24) is 5.32 Å². The Kier molecular flexibility index (Phi) is 7.47. The van der Waals surface area contributed by atoms with E-state index in [4.69, 9.17) is 21.1 Å². The van der Waals surface area contributed by atoms with Gasteiger partial charge in [-0.05, 0) is 43.0 Å². The van der Waals surface area contributed by atoms with Crippen molar-refractivity contribution < 1.29 is 14.6 Å². The maximum atomic E-state index is 9.87. The molecular formula is C16H24ClNO3. The van der Waals surface area contributed by atoms with E-state index in [2.05, 4.69) is 5.32 Å². The normalized spacial score (nSPS) is 17.8. The number of nitrogens with one attached hydrogen (secondary N) is 1. The van der Waals surface area contributed by atoms with Gasteiger partial charge in [0.1, 0.15) is 0 Å². The maximum absolute atomic E-state index is 9.87. The molecule has 5 heteroatoms. The molecule has 0 radical (unpaired) electrons. The van der Waals surface area contributed by atoms with Crippen LogP contribution in [0, 0.1) is 5.92 Å². The summed E-state index contributed by atoms with van der Waals surface area (Å²) in [6, 6.07) is 7.54. The Hall–Kier alpha value is -0.650. The quantitative estimate of drug-likeness (QED) is 0.773. The van der Waals surface area contributed by atoms with Crippen LogP contribution in [0.1, 0.15) is 18.4 Å². The summed E-state index contributed by atoms with van der Waals surface area (Å²) in [4.78, 5) is 0. The summed E-state index contributed by atoms with van der Waals surface area (Å²) < 4.78 is 10.8. The molecule has 118 valence electrons. The van der Waals surface area contributed by atoms with E-state index in [0.717, 1.165) is 43.2 Å². The first kappa shape index (κ1) is 16.7. The zero-order chi connectivity index (χ0) is 14.9. The molecule has 1 unspecified atom stereocenters. The zero-order valence-electron chi connectivity index (χ0n) is 12.3. The van der Waals surface area contributed by atoms with E-state index in [1.165, 1.54) is 0 Å². The van der Waals surface area contributed by atoms with Gasteiger partial charge in [0.15, 0.2) is 0 Å². The van der Waals surface area contributed by atoms with Crippen LogP contribution in [0.2, 0.25) is 5.02 Å². The largest absolute Gasteiger partial charge is 0.389 e. The lowest BCUT2D eigenvalue weighted by Gasteiger charge is -2.23. The Morgan fingerprint density at radius 2 is 2.00 bits per heavy atom. The van der Waals surface area contributed by atoms with Crippen LogP contribution in [0.3, 0.4) is 0 Å². The third-order valence-electron chi connectivity index (χ3n) is 3.65. The number of benzene rings is 1. The Morgan fingerprint density at radius 3 is 2.71 bits per heavy atom. The Morgan fingerprint density at radius 1 is 1.29 bits per heavy atom. The minimum atomic E-state index is -0.475. The molecule has 1 aliphatic heterocycles. The first-order valence-electron chi connectivity index (χ1n) is 7.53. The smallest absolute Gasteiger partial charge is 0.0897 e. The monoisotopic (exact) mass is 313 g/mol. The van der Waals surface area contributed by atoms with Gasteiger partial charge in [-0.25, -0.2) is 0 Å². The second-order valence-corrected chi connectivity index (χ2v) is 5.95. The minimum Gasteiger partial charge on any atom is -0.389 e. The summed E-state index contributed by atoms with van der Waals surface area (Å²) in [6.07, 6.45) is 1.74. The van der Waals surface area contributed by atoms with E-state index in [1.54, 1.807) is 0 Å². The van der Waals surface area contributed by atoms with Gasteiger partial charge in [0.05, 0.1) is 19.3 Å². The number of rotatable bonds is 8. The molecule has 1 saturated heterocycles. The fourth-order valence-electron chi connectivity index (χ4n) is 2.36. The van der Waals surface area contributed by atoms with Gasteiger partial charge in [0, 0.05) is 24.8 Å². The average Bonchev–Trinajstić information content (AvgIpc) is 2.50. The van der Waals surface area contributed by atoms with Gasteiger partial charge in [-0.1, -0.05) is 23.7 Å². The van der Waals surface area contributed by atoms with Gasteiger partial charge in [-0.2, -0.15) is 0 Å². The Bertz CT molecular complexity index is 393. The molecule has 4 nitrogen and oxygen atoms in total. The third kappa shape index (κ3) is 6.76. The van der Waals surface area contributed by atoms with Gasteiger partial charge in [-0.3, -0.25) is 0 Å². The standard InChI is InChI=1S/C16H24ClNO3/c17-15-3-1-14(2-4-15)11-21-12-16(19)10-18-9-13-5-7-20-8-6-13/h1-4,13,16,18-19H,5-12H2. The molecule has 21 heavy (non-hydrogen) atoms. The molecule has 1 aromatic carbocycles. The molecule has 0 bridgehead atoms. The van der Waals surface area contributed by atoms with Crippen molar-refractivity contribution in [3.05, 3.63) is 34.9 Å².